The van der Waals surface area contributed by atoms with Gasteiger partial charge < -0.3 is 23.5 Å². The molecule has 2 aromatic carbocycles. The number of rotatable bonds is 6. The summed E-state index contributed by atoms with van der Waals surface area (Å²) in [7, 11) is 6.22. The van der Waals surface area contributed by atoms with Crippen LogP contribution in [0, 0.1) is 6.92 Å². The molecular weight excluding hydrogens is 334 g/mol. The summed E-state index contributed by atoms with van der Waals surface area (Å²) < 4.78 is 27.4. The maximum absolute atomic E-state index is 5.55. The zero-order valence-electron chi connectivity index (χ0n) is 15.5. The normalized spacial score (nSPS) is 10.5. The van der Waals surface area contributed by atoms with E-state index in [1.807, 2.05) is 37.3 Å². The van der Waals surface area contributed by atoms with E-state index in [4.69, 9.17) is 23.5 Å². The van der Waals surface area contributed by atoms with Gasteiger partial charge in [-0.25, -0.2) is 0 Å². The molecular formula is C20H21NO5. The molecule has 3 rings (SSSR count). The molecule has 0 spiro atoms. The number of hydrogen-bond donors (Lipinski definition) is 0. The van der Waals surface area contributed by atoms with Crippen LogP contribution in [0.25, 0.3) is 22.6 Å². The van der Waals surface area contributed by atoms with Crippen molar-refractivity contribution >= 4 is 0 Å². The predicted octanol–water partition coefficient (Wildman–Crippen LogP) is 4.35. The number of ether oxygens (including phenoxy) is 4. The highest BCUT2D eigenvalue weighted by Crippen LogP contribution is 2.50. The van der Waals surface area contributed by atoms with E-state index in [0.29, 0.717) is 40.0 Å². The first-order valence-corrected chi connectivity index (χ1v) is 8.04. The van der Waals surface area contributed by atoms with Gasteiger partial charge in [-0.3, -0.25) is 0 Å². The minimum absolute atomic E-state index is 0.434. The number of nitrogens with zero attached hydrogens (tertiary/aromatic N) is 1. The van der Waals surface area contributed by atoms with Crippen LogP contribution >= 0.6 is 0 Å². The Hall–Kier alpha value is -3.15. The second kappa shape index (κ2) is 7.39. The third kappa shape index (κ3) is 3.06. The van der Waals surface area contributed by atoms with Crippen molar-refractivity contribution in [3.05, 3.63) is 42.0 Å². The van der Waals surface area contributed by atoms with Crippen LogP contribution in [0.5, 0.6) is 23.0 Å². The average Bonchev–Trinajstić information content (AvgIpc) is 3.16. The molecule has 0 amide bonds. The molecule has 0 N–H and O–H groups in total. The van der Waals surface area contributed by atoms with Crippen molar-refractivity contribution in [1.82, 2.24) is 5.16 Å². The molecule has 3 aromatic rings. The summed E-state index contributed by atoms with van der Waals surface area (Å²) >= 11 is 0. The summed E-state index contributed by atoms with van der Waals surface area (Å²) in [4.78, 5) is 0. The third-order valence-electron chi connectivity index (χ3n) is 4.11. The van der Waals surface area contributed by atoms with Crippen LogP contribution in [0.3, 0.4) is 0 Å². The molecule has 0 radical (unpaired) electrons. The summed E-state index contributed by atoms with van der Waals surface area (Å²) in [6, 6.07) is 11.7. The molecule has 0 saturated heterocycles. The van der Waals surface area contributed by atoms with Gasteiger partial charge in [-0.15, -0.1) is 0 Å². The van der Waals surface area contributed by atoms with Gasteiger partial charge in [0, 0.05) is 11.6 Å². The molecule has 26 heavy (non-hydrogen) atoms. The number of hydrogen-bond acceptors (Lipinski definition) is 6. The van der Waals surface area contributed by atoms with Crippen molar-refractivity contribution in [1.29, 1.82) is 0 Å². The second-order valence-corrected chi connectivity index (χ2v) is 5.67. The minimum Gasteiger partial charge on any atom is -0.493 e. The average molecular weight is 355 g/mol. The van der Waals surface area contributed by atoms with E-state index in [-0.39, 0.29) is 0 Å². The Morgan fingerprint density at radius 2 is 1.42 bits per heavy atom. The summed E-state index contributed by atoms with van der Waals surface area (Å²) in [5, 5.41) is 4.19. The molecule has 1 heterocycles. The lowest BCUT2D eigenvalue weighted by molar-refractivity contribution is 0.306. The van der Waals surface area contributed by atoms with Gasteiger partial charge in [-0.2, -0.15) is 0 Å². The first-order valence-electron chi connectivity index (χ1n) is 8.04. The highest BCUT2D eigenvalue weighted by Gasteiger charge is 2.24. The van der Waals surface area contributed by atoms with Gasteiger partial charge in [0.2, 0.25) is 11.5 Å². The fraction of sp³-hybridized carbons (Fsp3) is 0.250. The summed E-state index contributed by atoms with van der Waals surface area (Å²) in [6.45, 7) is 2.04. The highest BCUT2D eigenvalue weighted by atomic mass is 16.5. The van der Waals surface area contributed by atoms with Crippen LogP contribution in [0.15, 0.2) is 40.9 Å². The van der Waals surface area contributed by atoms with Crippen LogP contribution in [-0.2, 0) is 0 Å². The molecule has 1 aromatic heterocycles. The molecule has 0 aliphatic heterocycles. The van der Waals surface area contributed by atoms with Crippen LogP contribution < -0.4 is 18.9 Å². The van der Waals surface area contributed by atoms with E-state index in [1.54, 1.807) is 34.5 Å². The van der Waals surface area contributed by atoms with Crippen molar-refractivity contribution in [2.75, 3.05) is 28.4 Å². The number of benzene rings is 2. The molecule has 0 bridgehead atoms. The van der Waals surface area contributed by atoms with Gasteiger partial charge in [0.25, 0.3) is 0 Å². The Morgan fingerprint density at radius 1 is 0.769 bits per heavy atom. The second-order valence-electron chi connectivity index (χ2n) is 5.67. The van der Waals surface area contributed by atoms with E-state index in [0.717, 1.165) is 5.56 Å². The van der Waals surface area contributed by atoms with Crippen molar-refractivity contribution in [2.24, 2.45) is 0 Å². The van der Waals surface area contributed by atoms with Gasteiger partial charge in [0.1, 0.15) is 5.69 Å². The lowest BCUT2D eigenvalue weighted by Gasteiger charge is -2.17. The van der Waals surface area contributed by atoms with E-state index >= 15 is 0 Å². The maximum Gasteiger partial charge on any atom is 0.207 e. The van der Waals surface area contributed by atoms with E-state index < -0.39 is 0 Å². The third-order valence-corrected chi connectivity index (χ3v) is 4.11. The molecule has 0 atom stereocenters. The zero-order chi connectivity index (χ0) is 18.7. The van der Waals surface area contributed by atoms with Crippen molar-refractivity contribution in [3.8, 4) is 45.6 Å². The van der Waals surface area contributed by atoms with E-state index in [1.165, 1.54) is 5.56 Å². The monoisotopic (exact) mass is 355 g/mol. The predicted molar refractivity (Wildman–Crippen MR) is 98.3 cm³/mol. The Labute approximate surface area is 152 Å². The Morgan fingerprint density at radius 3 is 2.00 bits per heavy atom. The van der Waals surface area contributed by atoms with Gasteiger partial charge in [-0.05, 0) is 13.0 Å². The van der Waals surface area contributed by atoms with Crippen LogP contribution in [-0.4, -0.2) is 33.6 Å². The van der Waals surface area contributed by atoms with Gasteiger partial charge in [0.15, 0.2) is 17.3 Å². The summed E-state index contributed by atoms with van der Waals surface area (Å²) in [5.41, 5.74) is 3.42. The van der Waals surface area contributed by atoms with Crippen molar-refractivity contribution in [2.45, 2.75) is 6.92 Å². The Balaban J connectivity index is 2.13. The van der Waals surface area contributed by atoms with Crippen LogP contribution in [0.4, 0.5) is 0 Å². The molecule has 0 aliphatic rings. The summed E-state index contributed by atoms with van der Waals surface area (Å²) in [5.74, 6) is 2.56. The summed E-state index contributed by atoms with van der Waals surface area (Å²) in [6.07, 6.45) is 0. The molecule has 6 nitrogen and oxygen atoms in total. The SMILES string of the molecule is COc1cc(-c2cc(-c3ccc(C)cc3)on2)c(OC)c(OC)c1OC. The molecule has 0 unspecified atom stereocenters. The molecule has 136 valence electrons. The minimum atomic E-state index is 0.434. The highest BCUT2D eigenvalue weighted by molar-refractivity contribution is 5.79. The van der Waals surface area contributed by atoms with Gasteiger partial charge >= 0.3 is 0 Å². The molecule has 6 heteroatoms. The number of methoxy groups -OCH3 is 4. The van der Waals surface area contributed by atoms with Crippen molar-refractivity contribution < 1.29 is 23.5 Å². The van der Waals surface area contributed by atoms with Crippen molar-refractivity contribution in [3.63, 3.8) is 0 Å². The van der Waals surface area contributed by atoms with E-state index in [9.17, 15) is 0 Å². The first kappa shape index (κ1) is 17.7. The Bertz CT molecular complexity index is 899. The first-order chi connectivity index (χ1) is 12.6. The molecule has 0 saturated carbocycles. The van der Waals surface area contributed by atoms with Gasteiger partial charge in [0.05, 0.1) is 34.0 Å². The standard InChI is InChI=1S/C20H21NO5/c1-12-6-8-13(9-7-12)16-11-15(21-26-16)14-10-17(22-2)19(24-4)20(25-5)18(14)23-3/h6-11H,1-5H3. The molecule has 0 aliphatic carbocycles. The lowest BCUT2D eigenvalue weighted by atomic mass is 10.1. The van der Waals surface area contributed by atoms with Gasteiger partial charge in [-0.1, -0.05) is 35.0 Å². The molecule has 0 fully saturated rings. The zero-order valence-corrected chi connectivity index (χ0v) is 15.5. The number of aromatic nitrogens is 1. The lowest BCUT2D eigenvalue weighted by Crippen LogP contribution is -1.99. The maximum atomic E-state index is 5.55. The quantitative estimate of drug-likeness (QED) is 0.655. The smallest absolute Gasteiger partial charge is 0.207 e. The fourth-order valence-electron chi connectivity index (χ4n) is 2.78. The topological polar surface area (TPSA) is 63.0 Å². The number of aryl methyl sites for hydroxylation is 1. The van der Waals surface area contributed by atoms with E-state index in [2.05, 4.69) is 5.16 Å². The van der Waals surface area contributed by atoms with Crippen LogP contribution in [0.1, 0.15) is 5.56 Å². The largest absolute Gasteiger partial charge is 0.493 e. The Kier molecular flexibility index (Phi) is 5.02. The fourth-order valence-corrected chi connectivity index (χ4v) is 2.78. The van der Waals surface area contributed by atoms with Crippen LogP contribution in [0.2, 0.25) is 0 Å².